The molecule has 54 heavy (non-hydrogen) atoms. The van der Waals surface area contributed by atoms with Gasteiger partial charge in [0.2, 0.25) is 0 Å². The smallest absolute Gasteiger partial charge is 0.0440 e. The highest BCUT2D eigenvalue weighted by Gasteiger charge is 2.08. The molecule has 0 rings (SSSR count). The molecule has 0 radical (unpaired) electrons. The van der Waals surface area contributed by atoms with E-state index >= 15 is 0 Å². The van der Waals surface area contributed by atoms with E-state index in [1.165, 1.54) is 77.0 Å². The van der Waals surface area contributed by atoms with Crippen LogP contribution in [0.15, 0.2) is 0 Å². The zero-order valence-electron chi connectivity index (χ0n) is 28.7. The van der Waals surface area contributed by atoms with Crippen LogP contribution in [0.25, 0.3) is 0 Å². The van der Waals surface area contributed by atoms with Crippen LogP contribution < -0.4 is 0 Å². The third kappa shape index (κ3) is 124. The SMILES string of the molecule is C.C.C.C.C.C.C.C.C.C.C.C.C.C.C.C.C.C.CCC(C)CCC(C)CC(C)C.CCC(C)CCC(C)CC(C)C.CCC(C)CCC(C)CC(C)C. The molecule has 0 aliphatic carbocycles. The first-order chi connectivity index (χ1) is 16.7. The van der Waals surface area contributed by atoms with E-state index in [2.05, 4.69) is 104 Å². The van der Waals surface area contributed by atoms with E-state index in [1.54, 1.807) is 0 Å². The van der Waals surface area contributed by atoms with Crippen LogP contribution in [0.2, 0.25) is 0 Å². The summed E-state index contributed by atoms with van der Waals surface area (Å²) in [6, 6.07) is 0. The molecule has 0 aromatic carbocycles. The molecule has 0 bridgehead atoms. The first-order valence-corrected chi connectivity index (χ1v) is 16.7. The lowest BCUT2D eigenvalue weighted by atomic mass is 9.91. The van der Waals surface area contributed by atoms with Gasteiger partial charge in [-0.2, -0.15) is 0 Å². The highest BCUT2D eigenvalue weighted by molar-refractivity contribution is 4.61. The fourth-order valence-electron chi connectivity index (χ4n) is 5.09. The van der Waals surface area contributed by atoms with Gasteiger partial charge in [-0.05, 0) is 72.5 Å². The molecule has 0 aromatic heterocycles. The van der Waals surface area contributed by atoms with Crippen molar-refractivity contribution in [2.75, 3.05) is 0 Å². The van der Waals surface area contributed by atoms with Gasteiger partial charge in [0.15, 0.2) is 0 Å². The van der Waals surface area contributed by atoms with E-state index in [0.29, 0.717) is 0 Å². The van der Waals surface area contributed by atoms with E-state index in [1.807, 2.05) is 0 Å². The van der Waals surface area contributed by atoms with Gasteiger partial charge in [-0.1, -0.05) is 295 Å². The molecular weight excluding hydrogens is 649 g/mol. The van der Waals surface area contributed by atoms with E-state index in [-0.39, 0.29) is 134 Å². The quantitative estimate of drug-likeness (QED) is 0.130. The molecule has 366 valence electrons. The van der Waals surface area contributed by atoms with Gasteiger partial charge in [0.05, 0.1) is 0 Å². The van der Waals surface area contributed by atoms with Crippen LogP contribution in [0.3, 0.4) is 0 Å². The highest BCUT2D eigenvalue weighted by atomic mass is 14.1. The Morgan fingerprint density at radius 3 is 0.407 bits per heavy atom. The molecule has 0 N–H and O–H groups in total. The normalized spacial score (nSPS) is 11.0. The first kappa shape index (κ1) is 139. The van der Waals surface area contributed by atoms with E-state index < -0.39 is 0 Å². The Morgan fingerprint density at radius 2 is 0.315 bits per heavy atom. The van der Waals surface area contributed by atoms with Gasteiger partial charge in [0.25, 0.3) is 0 Å². The van der Waals surface area contributed by atoms with Crippen molar-refractivity contribution in [2.24, 2.45) is 53.3 Å². The lowest BCUT2D eigenvalue weighted by molar-refractivity contribution is 0.368. The van der Waals surface area contributed by atoms with Crippen LogP contribution in [0, 0.1) is 53.3 Å². The van der Waals surface area contributed by atoms with Gasteiger partial charge in [0, 0.05) is 0 Å². The van der Waals surface area contributed by atoms with Gasteiger partial charge >= 0.3 is 0 Å². The van der Waals surface area contributed by atoms with E-state index in [9.17, 15) is 0 Å². The van der Waals surface area contributed by atoms with Crippen molar-refractivity contribution in [3.8, 4) is 0 Å². The molecular formula is C54H150. The summed E-state index contributed by atoms with van der Waals surface area (Å²) in [4.78, 5) is 0. The predicted molar refractivity (Wildman–Crippen MR) is 293 cm³/mol. The molecule has 0 spiro atoms. The van der Waals surface area contributed by atoms with Gasteiger partial charge < -0.3 is 0 Å². The first-order valence-electron chi connectivity index (χ1n) is 16.7. The topological polar surface area (TPSA) is 0 Å². The zero-order chi connectivity index (χ0) is 28.7. The molecule has 0 amide bonds. The minimum atomic E-state index is 0. The monoisotopic (exact) mass is 799 g/mol. The Morgan fingerprint density at radius 1 is 0.204 bits per heavy atom. The van der Waals surface area contributed by atoms with Gasteiger partial charge in [-0.25, -0.2) is 0 Å². The minimum absolute atomic E-state index is 0. The maximum atomic E-state index is 2.39. The Hall–Kier alpha value is 0. The van der Waals surface area contributed by atoms with E-state index in [0.717, 1.165) is 53.3 Å². The summed E-state index contributed by atoms with van der Waals surface area (Å²) in [5, 5.41) is 0. The van der Waals surface area contributed by atoms with Crippen LogP contribution >= 0.6 is 0 Å². The van der Waals surface area contributed by atoms with Crippen LogP contribution in [-0.4, -0.2) is 0 Å². The van der Waals surface area contributed by atoms with Crippen LogP contribution in [0.4, 0.5) is 0 Å². The third-order valence-corrected chi connectivity index (χ3v) is 8.17. The summed E-state index contributed by atoms with van der Waals surface area (Å²) in [5.74, 6) is 8.20. The number of rotatable bonds is 18. The Balaban J connectivity index is -0.0000000136. The van der Waals surface area contributed by atoms with Gasteiger partial charge in [-0.15, -0.1) is 0 Å². The van der Waals surface area contributed by atoms with Crippen molar-refractivity contribution in [3.05, 3.63) is 0 Å². The van der Waals surface area contributed by atoms with Crippen molar-refractivity contribution >= 4 is 0 Å². The zero-order valence-corrected chi connectivity index (χ0v) is 28.7. The molecule has 0 aromatic rings. The standard InChI is InChI=1S/3C12H26.18CH4/c3*1-6-11(4)7-8-12(5)9-10(2)3;;;;;;;;;;;;;;;;;;/h3*10-12H,6-9H2,1-5H3;18*1H4. The van der Waals surface area contributed by atoms with Crippen LogP contribution in [-0.2, 0) is 0 Å². The summed E-state index contributed by atoms with van der Waals surface area (Å²) >= 11 is 0. The summed E-state index contributed by atoms with van der Waals surface area (Å²) in [7, 11) is 0. The fraction of sp³-hybridized carbons (Fsp3) is 1.00. The number of hydrogen-bond acceptors (Lipinski definition) is 0. The second-order valence-electron chi connectivity index (χ2n) is 14.5. The molecule has 0 aliphatic heterocycles. The fourth-order valence-corrected chi connectivity index (χ4v) is 5.09. The molecule has 0 heterocycles. The lowest BCUT2D eigenvalue weighted by Crippen LogP contribution is -2.02. The average Bonchev–Trinajstić information content (AvgIpc) is 2.78. The highest BCUT2D eigenvalue weighted by Crippen LogP contribution is 2.22. The van der Waals surface area contributed by atoms with E-state index in [4.69, 9.17) is 0 Å². The maximum absolute atomic E-state index is 2.39. The van der Waals surface area contributed by atoms with Crippen molar-refractivity contribution in [1.82, 2.24) is 0 Å². The largest absolute Gasteiger partial charge is 0.0776 e. The Kier molecular flexibility index (Phi) is 243. The molecule has 0 fully saturated rings. The second-order valence-corrected chi connectivity index (χ2v) is 14.5. The van der Waals surface area contributed by atoms with Crippen LogP contribution in [0.5, 0.6) is 0 Å². The summed E-state index contributed by atoms with van der Waals surface area (Å²) in [6.45, 7) is 35.0. The van der Waals surface area contributed by atoms with Crippen LogP contribution in [0.1, 0.15) is 315 Å². The lowest BCUT2D eigenvalue weighted by Gasteiger charge is -2.15. The summed E-state index contributed by atoms with van der Waals surface area (Å²) in [5.41, 5.74) is 0. The summed E-state index contributed by atoms with van der Waals surface area (Å²) in [6.07, 6.45) is 16.8. The van der Waals surface area contributed by atoms with Crippen molar-refractivity contribution in [1.29, 1.82) is 0 Å². The molecule has 0 nitrogen and oxygen atoms in total. The average molecular weight is 800 g/mol. The molecule has 0 saturated carbocycles. The summed E-state index contributed by atoms with van der Waals surface area (Å²) < 4.78 is 0. The van der Waals surface area contributed by atoms with Crippen molar-refractivity contribution in [2.45, 2.75) is 315 Å². The van der Waals surface area contributed by atoms with Gasteiger partial charge in [-0.3, -0.25) is 0 Å². The molecule has 6 unspecified atom stereocenters. The second kappa shape index (κ2) is 94.2. The van der Waals surface area contributed by atoms with Gasteiger partial charge in [0.1, 0.15) is 0 Å². The number of hydrogen-bond donors (Lipinski definition) is 0. The molecule has 0 saturated heterocycles. The molecule has 6 atom stereocenters. The van der Waals surface area contributed by atoms with Crippen molar-refractivity contribution < 1.29 is 0 Å². The minimum Gasteiger partial charge on any atom is -0.0776 e. The Bertz CT molecular complexity index is 344. The molecule has 0 heteroatoms. The van der Waals surface area contributed by atoms with Crippen molar-refractivity contribution in [3.63, 3.8) is 0 Å². The predicted octanol–water partition coefficient (Wildman–Crippen LogP) is 24.9. The maximum Gasteiger partial charge on any atom is -0.0440 e. The Labute approximate surface area is 366 Å². The third-order valence-electron chi connectivity index (χ3n) is 8.17. The molecule has 0 aliphatic rings.